The standard InChI is InChI=1S/C25H27F3N2O5/c1-3-8-15(13-21(31)32)29-22(33)24(2,25(26,27)28)30-23(34)35-14-20-18-11-6-4-9-16(18)17-10-5-7-12-19(17)20/h4-7,9-12,15,20H,3,8,13-14H2,1-2H3,(H,29,33)(H,30,34)(H,31,32). The molecule has 2 unspecified atom stereocenters. The Hall–Kier alpha value is -3.56. The Morgan fingerprint density at radius 2 is 1.57 bits per heavy atom. The van der Waals surface area contributed by atoms with Crippen molar-refractivity contribution in [2.75, 3.05) is 6.61 Å². The number of aliphatic carboxylic acids is 1. The quantitative estimate of drug-likeness (QED) is 0.474. The summed E-state index contributed by atoms with van der Waals surface area (Å²) in [6, 6.07) is 13.9. The third kappa shape index (κ3) is 5.58. The number of carbonyl (C=O) groups is 3. The SMILES string of the molecule is CCCC(CC(=O)O)NC(=O)C(C)(NC(=O)OCC1c2ccccc2-c2ccccc21)C(F)(F)F. The number of alkyl carbamates (subject to hydrolysis) is 1. The highest BCUT2D eigenvalue weighted by molar-refractivity contribution is 5.91. The van der Waals surface area contributed by atoms with Gasteiger partial charge in [-0.05, 0) is 35.6 Å². The largest absolute Gasteiger partial charge is 0.481 e. The molecular weight excluding hydrogens is 465 g/mol. The van der Waals surface area contributed by atoms with Gasteiger partial charge in [0.05, 0.1) is 6.42 Å². The maximum Gasteiger partial charge on any atom is 0.420 e. The summed E-state index contributed by atoms with van der Waals surface area (Å²) in [5.74, 6) is -3.19. The number of nitrogens with one attached hydrogen (secondary N) is 2. The number of hydrogen-bond acceptors (Lipinski definition) is 4. The second-order valence-electron chi connectivity index (χ2n) is 8.63. The summed E-state index contributed by atoms with van der Waals surface area (Å²) in [5, 5.41) is 12.8. The predicted octanol–water partition coefficient (Wildman–Crippen LogP) is 4.61. The van der Waals surface area contributed by atoms with Crippen LogP contribution in [0.3, 0.4) is 0 Å². The molecule has 0 aromatic heterocycles. The molecule has 188 valence electrons. The molecule has 3 rings (SSSR count). The van der Waals surface area contributed by atoms with Crippen LogP contribution in [0.2, 0.25) is 0 Å². The number of alkyl halides is 3. The van der Waals surface area contributed by atoms with Gasteiger partial charge < -0.3 is 15.2 Å². The van der Waals surface area contributed by atoms with Crippen LogP contribution in [0, 0.1) is 0 Å². The lowest BCUT2D eigenvalue weighted by molar-refractivity contribution is -0.194. The lowest BCUT2D eigenvalue weighted by atomic mass is 9.98. The van der Waals surface area contributed by atoms with Gasteiger partial charge in [-0.2, -0.15) is 13.2 Å². The van der Waals surface area contributed by atoms with Gasteiger partial charge in [-0.25, -0.2) is 4.79 Å². The lowest BCUT2D eigenvalue weighted by Gasteiger charge is -2.32. The zero-order valence-electron chi connectivity index (χ0n) is 19.3. The summed E-state index contributed by atoms with van der Waals surface area (Å²) in [7, 11) is 0. The van der Waals surface area contributed by atoms with Gasteiger partial charge in [-0.15, -0.1) is 0 Å². The van der Waals surface area contributed by atoms with Gasteiger partial charge in [0.25, 0.3) is 5.91 Å². The summed E-state index contributed by atoms with van der Waals surface area (Å²) in [4.78, 5) is 36.1. The van der Waals surface area contributed by atoms with Crippen LogP contribution in [0.1, 0.15) is 50.2 Å². The van der Waals surface area contributed by atoms with E-state index in [9.17, 15) is 27.6 Å². The fraction of sp³-hybridized carbons (Fsp3) is 0.400. The van der Waals surface area contributed by atoms with E-state index in [1.807, 2.05) is 48.5 Å². The molecule has 0 bridgehead atoms. The molecule has 2 amide bonds. The van der Waals surface area contributed by atoms with Crippen molar-refractivity contribution < 1.29 is 37.4 Å². The van der Waals surface area contributed by atoms with E-state index in [4.69, 9.17) is 9.84 Å². The first-order valence-electron chi connectivity index (χ1n) is 11.2. The fourth-order valence-corrected chi connectivity index (χ4v) is 4.21. The van der Waals surface area contributed by atoms with E-state index in [-0.39, 0.29) is 18.9 Å². The number of ether oxygens (including phenoxy) is 1. The van der Waals surface area contributed by atoms with E-state index >= 15 is 0 Å². The molecular formula is C25H27F3N2O5. The van der Waals surface area contributed by atoms with Crippen molar-refractivity contribution in [3.05, 3.63) is 59.7 Å². The van der Waals surface area contributed by atoms with E-state index in [1.54, 1.807) is 12.2 Å². The molecule has 0 aliphatic heterocycles. The number of carbonyl (C=O) groups excluding carboxylic acids is 2. The van der Waals surface area contributed by atoms with Gasteiger partial charge in [-0.1, -0.05) is 61.9 Å². The molecule has 2 aromatic rings. The molecule has 2 aromatic carbocycles. The van der Waals surface area contributed by atoms with Crippen molar-refractivity contribution in [3.63, 3.8) is 0 Å². The van der Waals surface area contributed by atoms with Gasteiger partial charge in [0.1, 0.15) is 6.61 Å². The highest BCUT2D eigenvalue weighted by atomic mass is 19.4. The van der Waals surface area contributed by atoms with Gasteiger partial charge in [0.2, 0.25) is 5.54 Å². The molecule has 10 heteroatoms. The summed E-state index contributed by atoms with van der Waals surface area (Å²) in [5.41, 5.74) is 0.358. The number of halogens is 3. The van der Waals surface area contributed by atoms with Crippen LogP contribution in [-0.4, -0.2) is 47.4 Å². The van der Waals surface area contributed by atoms with Crippen molar-refractivity contribution in [2.24, 2.45) is 0 Å². The van der Waals surface area contributed by atoms with E-state index in [1.165, 1.54) is 0 Å². The third-order valence-corrected chi connectivity index (χ3v) is 6.11. The number of carboxylic acid groups (broad SMARTS) is 1. The third-order valence-electron chi connectivity index (χ3n) is 6.11. The van der Waals surface area contributed by atoms with Crippen LogP contribution < -0.4 is 10.6 Å². The number of rotatable bonds is 9. The zero-order valence-corrected chi connectivity index (χ0v) is 19.3. The Kier molecular flexibility index (Phi) is 7.72. The molecule has 0 fully saturated rings. The van der Waals surface area contributed by atoms with Gasteiger partial charge in [0, 0.05) is 12.0 Å². The topological polar surface area (TPSA) is 105 Å². The Balaban J connectivity index is 1.74. The Bertz CT molecular complexity index is 1060. The minimum Gasteiger partial charge on any atom is -0.481 e. The van der Waals surface area contributed by atoms with Crippen LogP contribution in [0.25, 0.3) is 11.1 Å². The zero-order chi connectivity index (χ0) is 25.8. The second kappa shape index (κ2) is 10.4. The van der Waals surface area contributed by atoms with Crippen molar-refractivity contribution in [3.8, 4) is 11.1 Å². The van der Waals surface area contributed by atoms with Crippen molar-refractivity contribution in [1.82, 2.24) is 10.6 Å². The minimum atomic E-state index is -5.16. The fourth-order valence-electron chi connectivity index (χ4n) is 4.21. The van der Waals surface area contributed by atoms with Crippen molar-refractivity contribution in [1.29, 1.82) is 0 Å². The highest BCUT2D eigenvalue weighted by Crippen LogP contribution is 2.44. The number of benzene rings is 2. The highest BCUT2D eigenvalue weighted by Gasteiger charge is 2.58. The molecule has 0 saturated heterocycles. The smallest absolute Gasteiger partial charge is 0.420 e. The number of fused-ring (bicyclic) bond motifs is 3. The minimum absolute atomic E-state index is 0.164. The first-order chi connectivity index (χ1) is 16.5. The molecule has 0 radical (unpaired) electrons. The van der Waals surface area contributed by atoms with Gasteiger partial charge >= 0.3 is 18.2 Å². The van der Waals surface area contributed by atoms with E-state index in [2.05, 4.69) is 5.32 Å². The predicted molar refractivity (Wildman–Crippen MR) is 122 cm³/mol. The molecule has 0 heterocycles. The maximum absolute atomic E-state index is 13.9. The summed E-state index contributed by atoms with van der Waals surface area (Å²) in [6.45, 7) is 2.00. The monoisotopic (exact) mass is 492 g/mol. The normalized spacial score (nSPS) is 15.3. The Morgan fingerprint density at radius 1 is 1.03 bits per heavy atom. The molecule has 1 aliphatic carbocycles. The Morgan fingerprint density at radius 3 is 2.06 bits per heavy atom. The summed E-state index contributed by atoms with van der Waals surface area (Å²) < 4.78 is 46.9. The molecule has 0 spiro atoms. The number of carboxylic acids is 1. The summed E-state index contributed by atoms with van der Waals surface area (Å²) in [6.07, 6.45) is -6.51. The van der Waals surface area contributed by atoms with Crippen LogP contribution in [0.15, 0.2) is 48.5 Å². The van der Waals surface area contributed by atoms with Gasteiger partial charge in [0.15, 0.2) is 0 Å². The number of hydrogen-bond donors (Lipinski definition) is 3. The van der Waals surface area contributed by atoms with Crippen LogP contribution >= 0.6 is 0 Å². The average Bonchev–Trinajstić information content (AvgIpc) is 3.10. The lowest BCUT2D eigenvalue weighted by Crippen LogP contribution is -2.66. The van der Waals surface area contributed by atoms with E-state index < -0.39 is 42.1 Å². The molecule has 0 saturated carbocycles. The van der Waals surface area contributed by atoms with Crippen LogP contribution in [0.5, 0.6) is 0 Å². The first-order valence-corrected chi connectivity index (χ1v) is 11.2. The molecule has 3 N–H and O–H groups in total. The number of amides is 2. The first kappa shape index (κ1) is 26.1. The maximum atomic E-state index is 13.9. The van der Waals surface area contributed by atoms with Gasteiger partial charge in [-0.3, -0.25) is 14.9 Å². The molecule has 1 aliphatic rings. The van der Waals surface area contributed by atoms with Crippen molar-refractivity contribution >= 4 is 18.0 Å². The Labute approximate surface area is 200 Å². The van der Waals surface area contributed by atoms with Crippen molar-refractivity contribution in [2.45, 2.75) is 56.8 Å². The molecule has 7 nitrogen and oxygen atoms in total. The summed E-state index contributed by atoms with van der Waals surface area (Å²) >= 11 is 0. The average molecular weight is 492 g/mol. The molecule has 2 atom stereocenters. The second-order valence-corrected chi connectivity index (χ2v) is 8.63. The van der Waals surface area contributed by atoms with E-state index in [0.717, 1.165) is 22.3 Å². The molecule has 35 heavy (non-hydrogen) atoms. The van der Waals surface area contributed by atoms with E-state index in [0.29, 0.717) is 13.3 Å². The van der Waals surface area contributed by atoms with Crippen LogP contribution in [0.4, 0.5) is 18.0 Å². The van der Waals surface area contributed by atoms with Crippen LogP contribution in [-0.2, 0) is 14.3 Å².